The zero-order valence-corrected chi connectivity index (χ0v) is 22.8. The molecule has 0 bridgehead atoms. The van der Waals surface area contributed by atoms with Crippen LogP contribution in [0.25, 0.3) is 10.4 Å². The van der Waals surface area contributed by atoms with Crippen molar-refractivity contribution in [3.8, 4) is 10.4 Å². The topological polar surface area (TPSA) is 103 Å². The number of benzene rings is 2. The number of hydrogen-bond acceptors (Lipinski definition) is 6. The van der Waals surface area contributed by atoms with Crippen LogP contribution in [0, 0.1) is 19.8 Å². The van der Waals surface area contributed by atoms with Crippen molar-refractivity contribution >= 4 is 34.7 Å². The van der Waals surface area contributed by atoms with Gasteiger partial charge in [0, 0.05) is 30.8 Å². The number of nitrogens with one attached hydrogen (secondary N) is 1. The Balaban J connectivity index is 1.35. The first-order valence-electron chi connectivity index (χ1n) is 12.8. The van der Waals surface area contributed by atoms with E-state index in [2.05, 4.69) is 10.3 Å². The van der Waals surface area contributed by atoms with Crippen LogP contribution in [0.3, 0.4) is 0 Å². The summed E-state index contributed by atoms with van der Waals surface area (Å²) < 4.78 is 0. The number of amides is 3. The maximum absolute atomic E-state index is 13.9. The zero-order chi connectivity index (χ0) is 27.1. The van der Waals surface area contributed by atoms with Crippen LogP contribution in [0.4, 0.5) is 5.69 Å². The number of thiazole rings is 1. The summed E-state index contributed by atoms with van der Waals surface area (Å²) in [6, 6.07) is 11.6. The fraction of sp³-hybridized carbons (Fsp3) is 0.379. The van der Waals surface area contributed by atoms with E-state index in [0.717, 1.165) is 27.3 Å². The number of rotatable bonds is 6. The second-order valence-electron chi connectivity index (χ2n) is 10.5. The van der Waals surface area contributed by atoms with Crippen molar-refractivity contribution < 1.29 is 19.5 Å². The minimum atomic E-state index is -0.832. The second kappa shape index (κ2) is 10.3. The molecule has 2 N–H and O–H groups in total. The van der Waals surface area contributed by atoms with Gasteiger partial charge in [-0.05, 0) is 54.7 Å². The Labute approximate surface area is 226 Å². The van der Waals surface area contributed by atoms with E-state index in [0.29, 0.717) is 17.8 Å². The summed E-state index contributed by atoms with van der Waals surface area (Å²) in [6.45, 7) is 8.09. The predicted molar refractivity (Wildman–Crippen MR) is 147 cm³/mol. The van der Waals surface area contributed by atoms with Gasteiger partial charge in [0.05, 0.1) is 22.2 Å². The molecule has 3 amide bonds. The number of aryl methyl sites for hydroxylation is 2. The van der Waals surface area contributed by atoms with Gasteiger partial charge < -0.3 is 20.2 Å². The van der Waals surface area contributed by atoms with Crippen LogP contribution in [0.15, 0.2) is 48.0 Å². The Morgan fingerprint density at radius 1 is 1.16 bits per heavy atom. The molecule has 2 aliphatic heterocycles. The van der Waals surface area contributed by atoms with Crippen molar-refractivity contribution in [1.82, 2.24) is 14.8 Å². The molecule has 8 nitrogen and oxygen atoms in total. The highest BCUT2D eigenvalue weighted by Gasteiger charge is 2.45. The SMILES string of the molecule is Cc1cc(-c2scnc2C)ccc1NC(=O)[C@@H]1C[C@@H](O)CN1C(=O)[C@H](C(C)C)N1Cc2ccccc2C1=O. The molecule has 3 heterocycles. The molecule has 5 rings (SSSR count). The maximum Gasteiger partial charge on any atom is 0.255 e. The molecule has 0 saturated carbocycles. The third-order valence-electron chi connectivity index (χ3n) is 7.43. The smallest absolute Gasteiger partial charge is 0.255 e. The summed E-state index contributed by atoms with van der Waals surface area (Å²) in [5.74, 6) is -1.02. The average molecular weight is 533 g/mol. The number of β-amino-alcohol motifs (C(OH)–C–C–N with tert-alkyl or cyclic N) is 1. The van der Waals surface area contributed by atoms with E-state index < -0.39 is 18.2 Å². The van der Waals surface area contributed by atoms with Crippen molar-refractivity contribution in [2.24, 2.45) is 5.92 Å². The Morgan fingerprint density at radius 2 is 1.92 bits per heavy atom. The highest BCUT2D eigenvalue weighted by atomic mass is 32.1. The van der Waals surface area contributed by atoms with Gasteiger partial charge in [0.1, 0.15) is 12.1 Å². The van der Waals surface area contributed by atoms with Gasteiger partial charge >= 0.3 is 0 Å². The van der Waals surface area contributed by atoms with Gasteiger partial charge in [0.25, 0.3) is 5.91 Å². The number of carbonyl (C=O) groups is 3. The normalized spacial score (nSPS) is 19.7. The number of aliphatic hydroxyl groups excluding tert-OH is 1. The molecular formula is C29H32N4O4S. The summed E-state index contributed by atoms with van der Waals surface area (Å²) in [5.41, 5.74) is 6.84. The van der Waals surface area contributed by atoms with Gasteiger partial charge in [-0.3, -0.25) is 14.4 Å². The number of likely N-dealkylation sites (tertiary alicyclic amines) is 1. The second-order valence-corrected chi connectivity index (χ2v) is 11.3. The van der Waals surface area contributed by atoms with Crippen LogP contribution >= 0.6 is 11.3 Å². The molecule has 0 spiro atoms. The summed E-state index contributed by atoms with van der Waals surface area (Å²) in [7, 11) is 0. The van der Waals surface area contributed by atoms with Crippen LogP contribution in [-0.2, 0) is 16.1 Å². The van der Waals surface area contributed by atoms with Crippen molar-refractivity contribution in [1.29, 1.82) is 0 Å². The van der Waals surface area contributed by atoms with Crippen LogP contribution in [0.2, 0.25) is 0 Å². The molecule has 3 atom stereocenters. The molecule has 0 radical (unpaired) electrons. The Bertz CT molecular complexity index is 1400. The Hall–Kier alpha value is -3.56. The number of nitrogens with zero attached hydrogens (tertiary/aromatic N) is 3. The van der Waals surface area contributed by atoms with Gasteiger partial charge in [-0.2, -0.15) is 0 Å². The molecule has 1 saturated heterocycles. The number of carbonyl (C=O) groups excluding carboxylic acids is 3. The molecule has 1 fully saturated rings. The van der Waals surface area contributed by atoms with E-state index in [1.807, 2.05) is 69.6 Å². The minimum Gasteiger partial charge on any atom is -0.391 e. The summed E-state index contributed by atoms with van der Waals surface area (Å²) >= 11 is 1.57. The Kier molecular flexibility index (Phi) is 7.07. The fourth-order valence-electron chi connectivity index (χ4n) is 5.50. The van der Waals surface area contributed by atoms with Gasteiger partial charge in [-0.15, -0.1) is 11.3 Å². The third-order valence-corrected chi connectivity index (χ3v) is 8.40. The molecule has 9 heteroatoms. The van der Waals surface area contributed by atoms with Crippen molar-refractivity contribution in [2.75, 3.05) is 11.9 Å². The lowest BCUT2D eigenvalue weighted by Gasteiger charge is -2.35. The standard InChI is InChI=1S/C29H32N4O4S/c1-16(2)25(33-13-20-7-5-6-8-22(20)28(33)36)29(37)32-14-21(34)12-24(32)27(35)31-23-10-9-19(11-17(23)3)26-18(4)30-15-38-26/h5-11,15-16,21,24-25,34H,12-14H2,1-4H3,(H,31,35)/t21-,24+,25+/m1/s1. The van der Waals surface area contributed by atoms with Crippen LogP contribution < -0.4 is 5.32 Å². The molecule has 2 aliphatic rings. The third kappa shape index (κ3) is 4.72. The molecule has 3 aromatic rings. The van der Waals surface area contributed by atoms with E-state index in [1.165, 1.54) is 4.90 Å². The summed E-state index contributed by atoms with van der Waals surface area (Å²) in [4.78, 5) is 49.0. The highest BCUT2D eigenvalue weighted by molar-refractivity contribution is 7.13. The zero-order valence-electron chi connectivity index (χ0n) is 22.0. The highest BCUT2D eigenvalue weighted by Crippen LogP contribution is 2.32. The number of fused-ring (bicyclic) bond motifs is 1. The minimum absolute atomic E-state index is 0.0533. The van der Waals surface area contributed by atoms with Gasteiger partial charge in [0.2, 0.25) is 11.8 Å². The van der Waals surface area contributed by atoms with Crippen molar-refractivity contribution in [3.05, 3.63) is 70.4 Å². The monoisotopic (exact) mass is 532 g/mol. The van der Waals surface area contributed by atoms with Gasteiger partial charge in [0.15, 0.2) is 0 Å². The molecule has 2 aromatic carbocycles. The first-order valence-corrected chi connectivity index (χ1v) is 13.7. The largest absolute Gasteiger partial charge is 0.391 e. The van der Waals surface area contributed by atoms with Gasteiger partial charge in [-0.25, -0.2) is 4.98 Å². The first kappa shape index (κ1) is 26.1. The molecule has 38 heavy (non-hydrogen) atoms. The van der Waals surface area contributed by atoms with Crippen molar-refractivity contribution in [3.63, 3.8) is 0 Å². The lowest BCUT2D eigenvalue weighted by atomic mass is 10.00. The van der Waals surface area contributed by atoms with E-state index in [-0.39, 0.29) is 36.6 Å². The molecule has 198 valence electrons. The quantitative estimate of drug-likeness (QED) is 0.500. The number of hydrogen-bond donors (Lipinski definition) is 2. The summed E-state index contributed by atoms with van der Waals surface area (Å²) in [5, 5.41) is 13.4. The van der Waals surface area contributed by atoms with E-state index in [9.17, 15) is 19.5 Å². The Morgan fingerprint density at radius 3 is 2.58 bits per heavy atom. The fourth-order valence-corrected chi connectivity index (χ4v) is 6.30. The van der Waals surface area contributed by atoms with Crippen LogP contribution in [-0.4, -0.2) is 62.3 Å². The van der Waals surface area contributed by atoms with E-state index in [1.54, 1.807) is 22.3 Å². The maximum atomic E-state index is 13.9. The lowest BCUT2D eigenvalue weighted by Crippen LogP contribution is -2.54. The molecule has 0 unspecified atom stereocenters. The van der Waals surface area contributed by atoms with Gasteiger partial charge in [-0.1, -0.05) is 38.1 Å². The van der Waals surface area contributed by atoms with Crippen molar-refractivity contribution in [2.45, 2.75) is 58.8 Å². The average Bonchev–Trinajstić information content (AvgIpc) is 3.58. The molecule has 0 aliphatic carbocycles. The number of aromatic nitrogens is 1. The summed E-state index contributed by atoms with van der Waals surface area (Å²) in [6.07, 6.45) is -0.667. The van der Waals surface area contributed by atoms with Crippen LogP contribution in [0.1, 0.15) is 47.4 Å². The number of aliphatic hydroxyl groups is 1. The predicted octanol–water partition coefficient (Wildman–Crippen LogP) is 4.01. The number of anilines is 1. The van der Waals surface area contributed by atoms with E-state index in [4.69, 9.17) is 0 Å². The molecular weight excluding hydrogens is 500 g/mol. The molecule has 1 aromatic heterocycles. The van der Waals surface area contributed by atoms with E-state index >= 15 is 0 Å². The first-order chi connectivity index (χ1) is 18.2. The van der Waals surface area contributed by atoms with Crippen LogP contribution in [0.5, 0.6) is 0 Å². The lowest BCUT2D eigenvalue weighted by molar-refractivity contribution is -0.142.